The first-order valence-electron chi connectivity index (χ1n) is 9.72. The van der Waals surface area contributed by atoms with E-state index in [2.05, 4.69) is 4.98 Å². The largest absolute Gasteiger partial charge is 0.462 e. The molecule has 0 aliphatic carbocycles. The van der Waals surface area contributed by atoms with Crippen LogP contribution in [0.25, 0.3) is 11.7 Å². The molecule has 1 aliphatic heterocycles. The van der Waals surface area contributed by atoms with Gasteiger partial charge in [0.1, 0.15) is 23.1 Å². The van der Waals surface area contributed by atoms with Crippen molar-refractivity contribution >= 4 is 29.4 Å². The molecule has 156 valence electrons. The Labute approximate surface area is 173 Å². The summed E-state index contributed by atoms with van der Waals surface area (Å²) in [6, 6.07) is 5.38. The molecule has 1 saturated heterocycles. The molecule has 0 aromatic carbocycles. The van der Waals surface area contributed by atoms with Gasteiger partial charge in [0.15, 0.2) is 0 Å². The number of aromatic nitrogens is 2. The number of hydrogen-bond donors (Lipinski definition) is 1. The molecular weight excluding hydrogens is 386 g/mol. The number of ether oxygens (including phenoxy) is 1. The lowest BCUT2D eigenvalue weighted by Gasteiger charge is -2.32. The number of fused-ring (bicyclic) bond motifs is 1. The smallest absolute Gasteiger partial charge is 0.348 e. The first-order valence-corrected chi connectivity index (χ1v) is 9.72. The van der Waals surface area contributed by atoms with Gasteiger partial charge >= 0.3 is 5.97 Å². The first kappa shape index (κ1) is 21.0. The lowest BCUT2D eigenvalue weighted by atomic mass is 9.96. The average Bonchev–Trinajstić information content (AvgIpc) is 2.73. The molecule has 0 spiro atoms. The van der Waals surface area contributed by atoms with E-state index in [0.717, 1.165) is 5.56 Å². The summed E-state index contributed by atoms with van der Waals surface area (Å²) >= 11 is 0. The Kier molecular flexibility index (Phi) is 6.16. The molecular formula is C21H23N5O4. The highest BCUT2D eigenvalue weighted by molar-refractivity contribution is 5.98. The van der Waals surface area contributed by atoms with E-state index in [1.807, 2.05) is 17.9 Å². The highest BCUT2D eigenvalue weighted by Gasteiger charge is 2.27. The Morgan fingerprint density at radius 2 is 2.10 bits per heavy atom. The molecule has 0 atom stereocenters. The average molecular weight is 409 g/mol. The summed E-state index contributed by atoms with van der Waals surface area (Å²) in [6.07, 6.45) is 3.90. The number of nitrogens with two attached hydrogens (primary N) is 1. The lowest BCUT2D eigenvalue weighted by molar-refractivity contribution is -0.137. The van der Waals surface area contributed by atoms with Gasteiger partial charge in [0.2, 0.25) is 5.91 Å². The number of carbonyl (C=O) groups excluding carboxylic acids is 2. The van der Waals surface area contributed by atoms with E-state index in [-0.39, 0.29) is 29.6 Å². The van der Waals surface area contributed by atoms with E-state index in [4.69, 9.17) is 10.5 Å². The van der Waals surface area contributed by atoms with E-state index < -0.39 is 11.5 Å². The van der Waals surface area contributed by atoms with Gasteiger partial charge in [-0.15, -0.1) is 0 Å². The fourth-order valence-electron chi connectivity index (χ4n) is 3.53. The fourth-order valence-corrected chi connectivity index (χ4v) is 3.53. The summed E-state index contributed by atoms with van der Waals surface area (Å²) in [6.45, 7) is 4.55. The number of anilines is 1. The van der Waals surface area contributed by atoms with Crippen LogP contribution in [0.4, 0.5) is 5.82 Å². The van der Waals surface area contributed by atoms with Gasteiger partial charge in [-0.25, -0.2) is 9.78 Å². The third kappa shape index (κ3) is 4.03. The van der Waals surface area contributed by atoms with Gasteiger partial charge in [-0.2, -0.15) is 5.26 Å². The number of pyridine rings is 1. The molecule has 9 heteroatoms. The number of piperidine rings is 1. The summed E-state index contributed by atoms with van der Waals surface area (Å²) in [5.74, 6) is -0.995. The molecule has 2 aromatic rings. The highest BCUT2D eigenvalue weighted by Crippen LogP contribution is 2.26. The van der Waals surface area contributed by atoms with Crippen molar-refractivity contribution in [2.45, 2.75) is 26.7 Å². The first-order chi connectivity index (χ1) is 14.4. The standard InChI is InChI=1S/C21H23N5O4/c1-3-30-21(29)15(12-22)11-16-19(25-9-6-14(7-10-25)17(23)27)24-18-13(2)5-4-8-26(18)20(16)28/h4-5,8,11,14H,3,6-7,9-10H2,1-2H3,(H2,23,27)/b15-11+. The molecule has 2 N–H and O–H groups in total. The molecule has 2 aromatic heterocycles. The minimum absolute atomic E-state index is 0.111. The molecule has 3 rings (SSSR count). The van der Waals surface area contributed by atoms with Gasteiger partial charge in [0.05, 0.1) is 12.2 Å². The number of carbonyl (C=O) groups is 2. The van der Waals surface area contributed by atoms with Crippen LogP contribution in [0.1, 0.15) is 30.9 Å². The molecule has 1 fully saturated rings. The van der Waals surface area contributed by atoms with Gasteiger partial charge in [0.25, 0.3) is 5.56 Å². The van der Waals surface area contributed by atoms with Crippen LogP contribution in [0.15, 0.2) is 28.7 Å². The van der Waals surface area contributed by atoms with Gasteiger partial charge in [-0.3, -0.25) is 14.0 Å². The Morgan fingerprint density at radius 1 is 1.40 bits per heavy atom. The quantitative estimate of drug-likeness (QED) is 0.445. The second-order valence-electron chi connectivity index (χ2n) is 7.09. The summed E-state index contributed by atoms with van der Waals surface area (Å²) < 4.78 is 6.31. The maximum Gasteiger partial charge on any atom is 0.348 e. The molecule has 0 unspecified atom stereocenters. The maximum atomic E-state index is 13.3. The van der Waals surface area contributed by atoms with E-state index in [1.54, 1.807) is 25.3 Å². The van der Waals surface area contributed by atoms with Crippen LogP contribution < -0.4 is 16.2 Å². The Balaban J connectivity index is 2.17. The Bertz CT molecular complexity index is 1120. The zero-order chi connectivity index (χ0) is 21.8. The van der Waals surface area contributed by atoms with Crippen LogP contribution in [-0.2, 0) is 14.3 Å². The minimum Gasteiger partial charge on any atom is -0.462 e. The van der Waals surface area contributed by atoms with Crippen molar-refractivity contribution in [1.82, 2.24) is 9.38 Å². The van der Waals surface area contributed by atoms with Gasteiger partial charge in [0, 0.05) is 25.2 Å². The second kappa shape index (κ2) is 8.78. The Morgan fingerprint density at radius 3 is 2.70 bits per heavy atom. The van der Waals surface area contributed by atoms with Gasteiger partial charge < -0.3 is 15.4 Å². The molecule has 0 saturated carbocycles. The summed E-state index contributed by atoms with van der Waals surface area (Å²) in [5.41, 5.74) is 6.17. The predicted molar refractivity (Wildman–Crippen MR) is 111 cm³/mol. The second-order valence-corrected chi connectivity index (χ2v) is 7.09. The molecule has 30 heavy (non-hydrogen) atoms. The van der Waals surface area contributed by atoms with E-state index in [1.165, 1.54) is 10.5 Å². The van der Waals surface area contributed by atoms with Crippen LogP contribution in [0.5, 0.6) is 0 Å². The van der Waals surface area contributed by atoms with Crippen LogP contribution >= 0.6 is 0 Å². The van der Waals surface area contributed by atoms with Gasteiger partial charge in [-0.1, -0.05) is 6.07 Å². The molecule has 0 radical (unpaired) electrons. The molecule has 0 bridgehead atoms. The SMILES string of the molecule is CCOC(=O)/C(C#N)=C/c1c(N2CCC(C(N)=O)CC2)nc2c(C)cccn2c1=O. The number of hydrogen-bond acceptors (Lipinski definition) is 7. The van der Waals surface area contributed by atoms with Gasteiger partial charge in [-0.05, 0) is 44.4 Å². The number of nitrogens with zero attached hydrogens (tertiary/aromatic N) is 4. The number of primary amides is 1. The van der Waals surface area contributed by atoms with Crippen LogP contribution in [-0.4, -0.2) is 41.0 Å². The van der Waals surface area contributed by atoms with Crippen molar-refractivity contribution in [2.75, 3.05) is 24.6 Å². The monoisotopic (exact) mass is 409 g/mol. The molecule has 1 aliphatic rings. The number of esters is 1. The zero-order valence-corrected chi connectivity index (χ0v) is 16.9. The summed E-state index contributed by atoms with van der Waals surface area (Å²) in [7, 11) is 0. The third-order valence-corrected chi connectivity index (χ3v) is 5.17. The van der Waals surface area contributed by atoms with Crippen LogP contribution in [0.2, 0.25) is 0 Å². The summed E-state index contributed by atoms with van der Waals surface area (Å²) in [5, 5.41) is 9.42. The summed E-state index contributed by atoms with van der Waals surface area (Å²) in [4.78, 5) is 43.4. The van der Waals surface area contributed by atoms with Crippen molar-refractivity contribution in [3.8, 4) is 6.07 Å². The van der Waals surface area contributed by atoms with Crippen LogP contribution in [0.3, 0.4) is 0 Å². The number of rotatable bonds is 5. The maximum absolute atomic E-state index is 13.3. The fraction of sp³-hybridized carbons (Fsp3) is 0.381. The zero-order valence-electron chi connectivity index (χ0n) is 16.9. The lowest BCUT2D eigenvalue weighted by Crippen LogP contribution is -2.40. The number of aryl methyl sites for hydroxylation is 1. The topological polar surface area (TPSA) is 131 Å². The Hall–Kier alpha value is -3.67. The minimum atomic E-state index is -0.799. The van der Waals surface area contributed by atoms with E-state index in [9.17, 15) is 19.6 Å². The van der Waals surface area contributed by atoms with Crippen molar-refractivity contribution in [3.63, 3.8) is 0 Å². The van der Waals surface area contributed by atoms with Crippen molar-refractivity contribution in [2.24, 2.45) is 11.7 Å². The highest BCUT2D eigenvalue weighted by atomic mass is 16.5. The molecule has 9 nitrogen and oxygen atoms in total. The predicted octanol–water partition coefficient (Wildman–Crippen LogP) is 1.17. The normalized spacial score (nSPS) is 15.1. The van der Waals surface area contributed by atoms with E-state index in [0.29, 0.717) is 37.4 Å². The van der Waals surface area contributed by atoms with Crippen LogP contribution in [0, 0.1) is 24.2 Å². The third-order valence-electron chi connectivity index (χ3n) is 5.17. The number of amides is 1. The van der Waals surface area contributed by atoms with E-state index >= 15 is 0 Å². The van der Waals surface area contributed by atoms with Crippen molar-refractivity contribution < 1.29 is 14.3 Å². The van der Waals surface area contributed by atoms with Crippen molar-refractivity contribution in [1.29, 1.82) is 5.26 Å². The molecule has 1 amide bonds. The van der Waals surface area contributed by atoms with Crippen molar-refractivity contribution in [3.05, 3.63) is 45.4 Å². The molecule has 3 heterocycles. The number of nitriles is 1.